The van der Waals surface area contributed by atoms with Gasteiger partial charge in [-0.15, -0.1) is 0 Å². The van der Waals surface area contributed by atoms with E-state index in [0.717, 1.165) is 0 Å². The van der Waals surface area contributed by atoms with Crippen molar-refractivity contribution in [2.75, 3.05) is 98.4 Å². The summed E-state index contributed by atoms with van der Waals surface area (Å²) in [5.74, 6) is -6.19. The molecule has 1 aromatic rings. The van der Waals surface area contributed by atoms with E-state index in [-0.39, 0.29) is 117 Å². The van der Waals surface area contributed by atoms with Crippen molar-refractivity contribution in [1.29, 1.82) is 0 Å². The molecule has 384 valence electrons. The third-order valence-electron chi connectivity index (χ3n) is 10.0. The summed E-state index contributed by atoms with van der Waals surface area (Å²) in [5.41, 5.74) is 0.598. The zero-order valence-electron chi connectivity index (χ0n) is 37.8. The van der Waals surface area contributed by atoms with E-state index in [9.17, 15) is 68.1 Å². The molecule has 0 bridgehead atoms. The van der Waals surface area contributed by atoms with Gasteiger partial charge in [-0.3, -0.25) is 62.8 Å². The lowest BCUT2D eigenvalue weighted by Crippen LogP contribution is -2.50. The number of nitrogens with one attached hydrogen (secondary N) is 5. The van der Waals surface area contributed by atoms with Crippen molar-refractivity contribution in [3.63, 3.8) is 0 Å². The number of rotatable bonds is 32. The molecule has 28 nitrogen and oxygen atoms in total. The molecule has 1 aliphatic heterocycles. The monoisotopic (exact) mass is 983 g/mol. The van der Waals surface area contributed by atoms with E-state index in [2.05, 4.69) is 26.6 Å². The van der Waals surface area contributed by atoms with E-state index in [0.29, 0.717) is 37.2 Å². The van der Waals surface area contributed by atoms with Crippen LogP contribution < -0.4 is 31.3 Å². The molecule has 0 spiro atoms. The van der Waals surface area contributed by atoms with Gasteiger partial charge in [-0.25, -0.2) is 9.59 Å². The number of hydrogen-bond donors (Lipinski definition) is 9. The van der Waals surface area contributed by atoms with Gasteiger partial charge >= 0.3 is 29.9 Å². The number of nitrogens with zero attached hydrogens (tertiary/aromatic N) is 4. The Hall–Kier alpha value is -7.17. The van der Waals surface area contributed by atoms with Crippen LogP contribution in [0.5, 0.6) is 5.75 Å². The summed E-state index contributed by atoms with van der Waals surface area (Å²) in [7, 11) is 0. The van der Waals surface area contributed by atoms with Crippen LogP contribution in [0, 0.1) is 0 Å². The van der Waals surface area contributed by atoms with Crippen LogP contribution in [0.1, 0.15) is 37.7 Å². The first-order valence-electron chi connectivity index (χ1n) is 21.6. The second-order valence-corrected chi connectivity index (χ2v) is 15.3. The molecule has 9 N–H and O–H groups in total. The van der Waals surface area contributed by atoms with E-state index >= 15 is 0 Å². The quantitative estimate of drug-likeness (QED) is 0.0145. The number of ether oxygens (including phenoxy) is 4. The van der Waals surface area contributed by atoms with Crippen LogP contribution in [0.25, 0.3) is 0 Å². The van der Waals surface area contributed by atoms with Crippen LogP contribution in [-0.4, -0.2) is 224 Å². The molecule has 0 saturated carbocycles. The highest BCUT2D eigenvalue weighted by atomic mass is 16.5. The number of unbranched alkanes of at least 4 members (excludes halogenated alkanes) is 1. The van der Waals surface area contributed by atoms with Crippen molar-refractivity contribution in [3.05, 3.63) is 29.8 Å². The molecule has 3 atom stereocenters. The molecule has 0 aliphatic carbocycles. The maximum absolute atomic E-state index is 13.0. The number of benzene rings is 1. The standard InChI is InChI=1S/C41H61N9O19/c51-26-66-25-50-17-15-47(11-12-48(22-38(59)60)13-14-49(16-18-50)23-39(61)62)21-33(55)43-20-32(54)45-36(69-28-53)19-29-4-6-30(7-5-29)67-24-34(56)42-10-2-1-3-35(68-27-52)46-41(65)44-31(40(63)64)8-9-37(57)58/h4-7,26-28,31,35-36H,1-3,8-25H2,(H,42,56)(H,43,55)(H,45,54)(H,57,58)(H,59,60)(H,61,62)(H,63,64)(H2,44,46,65)/t31-,35+,36+/m0/s1. The summed E-state index contributed by atoms with van der Waals surface area (Å²) < 4.78 is 20.3. The molecular formula is C41H61N9O19. The fourth-order valence-corrected chi connectivity index (χ4v) is 6.50. The summed E-state index contributed by atoms with van der Waals surface area (Å²) >= 11 is 0. The van der Waals surface area contributed by atoms with E-state index in [1.54, 1.807) is 43.9 Å². The minimum Gasteiger partial charge on any atom is -0.484 e. The first kappa shape index (κ1) is 58.0. The molecule has 69 heavy (non-hydrogen) atoms. The van der Waals surface area contributed by atoms with Gasteiger partial charge in [0, 0.05) is 78.2 Å². The number of carbonyl (C=O) groups excluding carboxylic acids is 7. The van der Waals surface area contributed by atoms with E-state index in [4.69, 9.17) is 24.1 Å². The minimum absolute atomic E-state index is 0.0206. The molecule has 0 aromatic heterocycles. The van der Waals surface area contributed by atoms with Crippen molar-refractivity contribution in [3.8, 4) is 5.75 Å². The Balaban J connectivity index is 1.82. The van der Waals surface area contributed by atoms with Gasteiger partial charge in [-0.2, -0.15) is 0 Å². The Bertz CT molecular complexity index is 1840. The first-order valence-corrected chi connectivity index (χ1v) is 21.6. The topological polar surface area (TPSA) is 379 Å². The molecule has 28 heteroatoms. The largest absolute Gasteiger partial charge is 0.484 e. The van der Waals surface area contributed by atoms with Gasteiger partial charge < -0.3 is 66.0 Å². The highest BCUT2D eigenvalue weighted by molar-refractivity contribution is 5.86. The fraction of sp³-hybridized carbons (Fsp3) is 0.585. The summed E-state index contributed by atoms with van der Waals surface area (Å²) in [6, 6.07) is 3.84. The van der Waals surface area contributed by atoms with Crippen molar-refractivity contribution in [2.45, 2.75) is 57.0 Å². The molecular weight excluding hydrogens is 922 g/mol. The predicted molar refractivity (Wildman–Crippen MR) is 234 cm³/mol. The number of urea groups is 1. The summed E-state index contributed by atoms with van der Waals surface area (Å²) in [6.45, 7) is 1.12. The summed E-state index contributed by atoms with van der Waals surface area (Å²) in [5, 5.41) is 48.9. The minimum atomic E-state index is -1.48. The Labute approximate surface area is 395 Å². The van der Waals surface area contributed by atoms with Gasteiger partial charge in [0.05, 0.1) is 26.2 Å². The van der Waals surface area contributed by atoms with Crippen molar-refractivity contribution < 1.29 is 92.1 Å². The van der Waals surface area contributed by atoms with Gasteiger partial charge in [0.2, 0.25) is 11.8 Å². The zero-order valence-corrected chi connectivity index (χ0v) is 37.8. The van der Waals surface area contributed by atoms with Crippen LogP contribution in [0.15, 0.2) is 24.3 Å². The molecule has 1 fully saturated rings. The molecule has 0 unspecified atom stereocenters. The van der Waals surface area contributed by atoms with E-state index in [1.165, 1.54) is 0 Å². The smallest absolute Gasteiger partial charge is 0.326 e. The molecule has 1 aliphatic rings. The van der Waals surface area contributed by atoms with Crippen molar-refractivity contribution in [1.82, 2.24) is 46.2 Å². The zero-order chi connectivity index (χ0) is 51.0. The lowest BCUT2D eigenvalue weighted by molar-refractivity contribution is -0.141. The molecule has 1 saturated heterocycles. The Morgan fingerprint density at radius 1 is 0.594 bits per heavy atom. The fourth-order valence-electron chi connectivity index (χ4n) is 6.50. The van der Waals surface area contributed by atoms with Gasteiger partial charge in [0.1, 0.15) is 18.5 Å². The SMILES string of the molecule is O=COCN1CCN(CC(=O)O)CCN(CC(=O)O)CCN(CC(=O)NCC(=O)N[C@@H](Cc2ccc(OCC(=O)NCCCC[C@H](NC(=O)N[C@@H](CCC(=O)O)C(=O)O)OC=O)cc2)OC=O)CC1. The normalized spacial score (nSPS) is 15.4. The van der Waals surface area contributed by atoms with Crippen LogP contribution in [-0.2, 0) is 68.6 Å². The lowest BCUT2D eigenvalue weighted by atomic mass is 10.1. The number of carboxylic acid groups (broad SMARTS) is 4. The Morgan fingerprint density at radius 2 is 1.16 bits per heavy atom. The average molecular weight is 984 g/mol. The average Bonchev–Trinajstić information content (AvgIpc) is 3.28. The molecule has 1 heterocycles. The maximum atomic E-state index is 13.0. The Kier molecular flexibility index (Phi) is 28.0. The van der Waals surface area contributed by atoms with Crippen molar-refractivity contribution in [2.24, 2.45) is 0 Å². The number of carbonyl (C=O) groups is 11. The number of aliphatic carboxylic acids is 4. The number of carboxylic acids is 4. The van der Waals surface area contributed by atoms with Gasteiger partial charge in [0.25, 0.3) is 25.3 Å². The third kappa shape index (κ3) is 27.3. The van der Waals surface area contributed by atoms with Crippen LogP contribution in [0.3, 0.4) is 0 Å². The number of amides is 5. The highest BCUT2D eigenvalue weighted by Crippen LogP contribution is 2.14. The van der Waals surface area contributed by atoms with Crippen molar-refractivity contribution >= 4 is 67.0 Å². The third-order valence-corrected chi connectivity index (χ3v) is 10.0. The molecule has 2 rings (SSSR count). The van der Waals surface area contributed by atoms with Crippen LogP contribution >= 0.6 is 0 Å². The van der Waals surface area contributed by atoms with E-state index in [1.807, 2.05) is 0 Å². The first-order chi connectivity index (χ1) is 33.0. The summed E-state index contributed by atoms with van der Waals surface area (Å²) in [6.07, 6.45) is -2.24. The summed E-state index contributed by atoms with van der Waals surface area (Å²) in [4.78, 5) is 135. The number of hydrogen-bond acceptors (Lipinski definition) is 19. The molecule has 5 amide bonds. The predicted octanol–water partition coefficient (Wildman–Crippen LogP) is -3.74. The van der Waals surface area contributed by atoms with Gasteiger partial charge in [-0.1, -0.05) is 12.1 Å². The second kappa shape index (κ2) is 33.3. The van der Waals surface area contributed by atoms with Gasteiger partial charge in [0.15, 0.2) is 19.1 Å². The molecule has 0 radical (unpaired) electrons. The molecule has 1 aromatic carbocycles. The van der Waals surface area contributed by atoms with Crippen LogP contribution in [0.4, 0.5) is 4.79 Å². The van der Waals surface area contributed by atoms with E-state index < -0.39 is 79.1 Å². The second-order valence-electron chi connectivity index (χ2n) is 15.3. The maximum Gasteiger partial charge on any atom is 0.326 e. The Morgan fingerprint density at radius 3 is 1.70 bits per heavy atom. The van der Waals surface area contributed by atoms with Gasteiger partial charge in [-0.05, 0) is 37.0 Å². The van der Waals surface area contributed by atoms with Crippen LogP contribution in [0.2, 0.25) is 0 Å². The highest BCUT2D eigenvalue weighted by Gasteiger charge is 2.24. The lowest BCUT2D eigenvalue weighted by Gasteiger charge is -2.32.